The zero-order valence-corrected chi connectivity index (χ0v) is 39.4. The summed E-state index contributed by atoms with van der Waals surface area (Å²) in [5, 5.41) is 11.3. The van der Waals surface area contributed by atoms with Crippen LogP contribution in [-0.4, -0.2) is 115 Å². The molecule has 2 aliphatic heterocycles. The molecule has 0 unspecified atom stereocenters. The SMILES string of the molecule is C[C@H]1C(=O)C[C@@H](CO)C(=O)N(C)[C@@]2(Cc3ccc(Cl)cc3)CCCN(C2)C(=O)[C@H](Cc2ccccn2)CC(=O)N1Cc1c(F)cc(Cl)cc1Oc1ccc(-c2cnc(CN(C)C)n2C)cc1. The van der Waals surface area contributed by atoms with E-state index in [1.807, 2.05) is 54.9 Å². The van der Waals surface area contributed by atoms with E-state index in [0.717, 1.165) is 28.7 Å². The molecule has 2 aliphatic rings. The maximum atomic E-state index is 16.3. The van der Waals surface area contributed by atoms with E-state index in [0.29, 0.717) is 48.8 Å². The highest BCUT2D eigenvalue weighted by atomic mass is 35.5. The number of amides is 3. The Morgan fingerprint density at radius 1 is 0.909 bits per heavy atom. The second-order valence-electron chi connectivity index (χ2n) is 17.8. The maximum absolute atomic E-state index is 16.3. The highest BCUT2D eigenvalue weighted by Gasteiger charge is 2.46. The number of benzene rings is 3. The Balaban J connectivity index is 1.24. The van der Waals surface area contributed by atoms with Gasteiger partial charge in [-0.2, -0.15) is 0 Å². The van der Waals surface area contributed by atoms with Gasteiger partial charge in [-0.15, -0.1) is 0 Å². The van der Waals surface area contributed by atoms with Crippen LogP contribution >= 0.6 is 23.2 Å². The summed E-state index contributed by atoms with van der Waals surface area (Å²) >= 11 is 12.7. The molecule has 13 nitrogen and oxygen atoms in total. The molecule has 2 bridgehead atoms. The van der Waals surface area contributed by atoms with Crippen molar-refractivity contribution < 1.29 is 33.4 Å². The standard InChI is InChI=1S/C50H56Cl2FN7O6/c1-32-44(62)22-36(30-61)48(64)58(5)50(26-33-10-14-37(51)15-11-33)18-8-20-59(31-50)49(65)35(21-39-9-6-7-19-54-39)23-47(63)60(32)28-41-42(53)24-38(52)25-45(41)66-40-16-12-34(13-17-40)43-27-55-46(57(43)4)29-56(2)3/h6-7,9-17,19,24-25,27,32,35-36,61H,8,18,20-23,26,28-31H2,1-5H3/t32-,35+,36-,50+/m0/s1. The van der Waals surface area contributed by atoms with Crippen molar-refractivity contribution in [2.45, 2.75) is 70.1 Å². The lowest BCUT2D eigenvalue weighted by atomic mass is 9.80. The van der Waals surface area contributed by atoms with Crippen molar-refractivity contribution in [1.82, 2.24) is 34.1 Å². The summed E-state index contributed by atoms with van der Waals surface area (Å²) in [4.78, 5) is 74.5. The van der Waals surface area contributed by atoms with Crippen LogP contribution < -0.4 is 4.74 Å². The lowest BCUT2D eigenvalue weighted by Gasteiger charge is -2.50. The lowest BCUT2D eigenvalue weighted by Crippen LogP contribution is -2.63. The molecule has 0 radical (unpaired) electrons. The summed E-state index contributed by atoms with van der Waals surface area (Å²) in [6.07, 6.45) is 4.27. The van der Waals surface area contributed by atoms with Crippen LogP contribution in [0.3, 0.4) is 0 Å². The van der Waals surface area contributed by atoms with Crippen LogP contribution in [0.25, 0.3) is 11.3 Å². The number of Topliss-reactive ketones (excluding diaryl/α,β-unsaturated/α-hetero) is 1. The van der Waals surface area contributed by atoms with Crippen molar-refractivity contribution in [3.8, 4) is 22.8 Å². The van der Waals surface area contributed by atoms with Gasteiger partial charge >= 0.3 is 0 Å². The first kappa shape index (κ1) is 48.3. The molecule has 0 saturated carbocycles. The molecular formula is C50H56Cl2FN7O6. The molecule has 5 aromatic rings. The van der Waals surface area contributed by atoms with Crippen molar-refractivity contribution >= 4 is 46.7 Å². The molecule has 3 amide bonds. The van der Waals surface area contributed by atoms with E-state index in [2.05, 4.69) is 9.97 Å². The first-order chi connectivity index (χ1) is 31.5. The minimum atomic E-state index is -1.22. The summed E-state index contributed by atoms with van der Waals surface area (Å²) in [7, 11) is 7.55. The molecule has 4 heterocycles. The fourth-order valence-electron chi connectivity index (χ4n) is 9.15. The van der Waals surface area contributed by atoms with Gasteiger partial charge in [0.05, 0.1) is 55.0 Å². The third kappa shape index (κ3) is 10.9. The number of pyridine rings is 1. The molecular weight excluding hydrogens is 884 g/mol. The minimum absolute atomic E-state index is 0.0184. The number of carbonyl (C=O) groups is 4. The van der Waals surface area contributed by atoms with Crippen molar-refractivity contribution in [3.63, 3.8) is 0 Å². The van der Waals surface area contributed by atoms with Crippen LogP contribution in [0.5, 0.6) is 11.5 Å². The molecule has 2 saturated heterocycles. The maximum Gasteiger partial charge on any atom is 0.228 e. The van der Waals surface area contributed by atoms with Gasteiger partial charge in [-0.25, -0.2) is 9.37 Å². The number of ether oxygens (including phenoxy) is 1. The van der Waals surface area contributed by atoms with E-state index in [9.17, 15) is 24.3 Å². The van der Waals surface area contributed by atoms with Gasteiger partial charge in [0.25, 0.3) is 0 Å². The van der Waals surface area contributed by atoms with E-state index < -0.39 is 66.4 Å². The van der Waals surface area contributed by atoms with Crippen LogP contribution in [0.15, 0.2) is 91.3 Å². The number of piperidine rings is 1. The summed E-state index contributed by atoms with van der Waals surface area (Å²) < 4.78 is 24.6. The summed E-state index contributed by atoms with van der Waals surface area (Å²) in [6, 6.07) is 21.2. The number of likely N-dealkylation sites (N-methyl/N-ethyl adjacent to an activating group) is 1. The fourth-order valence-corrected chi connectivity index (χ4v) is 9.47. The van der Waals surface area contributed by atoms with Crippen molar-refractivity contribution in [2.75, 3.05) is 40.8 Å². The average Bonchev–Trinajstić information content (AvgIpc) is 3.65. The molecule has 0 spiro atoms. The topological polar surface area (TPSA) is 141 Å². The monoisotopic (exact) mass is 939 g/mol. The second-order valence-corrected chi connectivity index (χ2v) is 18.7. The normalized spacial score (nSPS) is 21.1. The van der Waals surface area contributed by atoms with Gasteiger partial charge in [0, 0.05) is 79.5 Å². The fraction of sp³-hybridized carbons (Fsp3) is 0.400. The first-order valence-corrected chi connectivity index (χ1v) is 22.9. The quantitative estimate of drug-likeness (QED) is 0.136. The number of nitrogens with zero attached hydrogens (tertiary/aromatic N) is 7. The number of aliphatic hydroxyl groups excluding tert-OH is 1. The van der Waals surface area contributed by atoms with Gasteiger partial charge < -0.3 is 34.0 Å². The number of halogens is 3. The molecule has 1 N–H and O–H groups in total. The largest absolute Gasteiger partial charge is 0.457 e. The molecule has 4 atom stereocenters. The zero-order chi connectivity index (χ0) is 47.3. The number of fused-ring (bicyclic) bond motifs is 2. The Bertz CT molecular complexity index is 2540. The number of ketones is 1. The number of imidazole rings is 1. The average molecular weight is 941 g/mol. The molecule has 66 heavy (non-hydrogen) atoms. The van der Waals surface area contributed by atoms with Gasteiger partial charge in [-0.05, 0) is 107 Å². The minimum Gasteiger partial charge on any atom is -0.457 e. The van der Waals surface area contributed by atoms with Crippen LogP contribution in [-0.2, 0) is 52.2 Å². The predicted octanol–water partition coefficient (Wildman–Crippen LogP) is 7.39. The molecule has 0 aliphatic carbocycles. The van der Waals surface area contributed by atoms with Gasteiger partial charge in [0.15, 0.2) is 5.78 Å². The van der Waals surface area contributed by atoms with Gasteiger partial charge in [-0.1, -0.05) is 41.4 Å². The number of aromatic nitrogens is 3. The second kappa shape index (κ2) is 20.9. The summed E-state index contributed by atoms with van der Waals surface area (Å²) in [5.41, 5.74) is 2.28. The summed E-state index contributed by atoms with van der Waals surface area (Å²) in [5.74, 6) is -3.49. The number of hydrogen-bond acceptors (Lipinski definition) is 9. The van der Waals surface area contributed by atoms with E-state index >= 15 is 4.39 Å². The highest BCUT2D eigenvalue weighted by Crippen LogP contribution is 2.37. The van der Waals surface area contributed by atoms with Crippen LogP contribution in [0.4, 0.5) is 4.39 Å². The van der Waals surface area contributed by atoms with Crippen molar-refractivity contribution in [3.05, 3.63) is 130 Å². The number of aliphatic hydroxyl groups is 1. The van der Waals surface area contributed by atoms with Crippen molar-refractivity contribution in [1.29, 1.82) is 0 Å². The third-order valence-corrected chi connectivity index (χ3v) is 13.4. The highest BCUT2D eigenvalue weighted by molar-refractivity contribution is 6.31. The van der Waals surface area contributed by atoms with Gasteiger partial charge in [0.1, 0.15) is 23.1 Å². The molecule has 3 aromatic carbocycles. The van der Waals surface area contributed by atoms with E-state index in [1.54, 1.807) is 71.7 Å². The number of hydrogen-bond donors (Lipinski definition) is 1. The Hall–Kier alpha value is -5.67. The Labute approximate surface area is 395 Å². The lowest BCUT2D eigenvalue weighted by molar-refractivity contribution is -0.153. The van der Waals surface area contributed by atoms with E-state index in [4.69, 9.17) is 27.9 Å². The first-order valence-electron chi connectivity index (χ1n) is 22.1. The molecule has 2 fully saturated rings. The van der Waals surface area contributed by atoms with Crippen molar-refractivity contribution in [2.24, 2.45) is 18.9 Å². The summed E-state index contributed by atoms with van der Waals surface area (Å²) in [6.45, 7) is 1.63. The number of carbonyl (C=O) groups excluding carboxylic acids is 4. The molecule has 348 valence electrons. The molecule has 16 heteroatoms. The molecule has 7 rings (SSSR count). The molecule has 2 aromatic heterocycles. The Morgan fingerprint density at radius 3 is 2.33 bits per heavy atom. The zero-order valence-electron chi connectivity index (χ0n) is 37.9. The van der Waals surface area contributed by atoms with Gasteiger partial charge in [0.2, 0.25) is 17.7 Å². The smallest absolute Gasteiger partial charge is 0.228 e. The van der Waals surface area contributed by atoms with Crippen LogP contribution in [0.2, 0.25) is 10.0 Å². The van der Waals surface area contributed by atoms with Crippen LogP contribution in [0.1, 0.15) is 55.3 Å². The third-order valence-electron chi connectivity index (χ3n) is 12.9. The predicted molar refractivity (Wildman–Crippen MR) is 250 cm³/mol. The number of rotatable bonds is 12. The Kier molecular flexibility index (Phi) is 15.3. The Morgan fingerprint density at radius 2 is 1.65 bits per heavy atom. The van der Waals surface area contributed by atoms with E-state index in [1.165, 1.54) is 17.9 Å². The van der Waals surface area contributed by atoms with Crippen LogP contribution in [0, 0.1) is 17.7 Å². The van der Waals surface area contributed by atoms with Gasteiger partial charge in [-0.3, -0.25) is 24.2 Å². The van der Waals surface area contributed by atoms with E-state index in [-0.39, 0.29) is 41.6 Å².